The molecule has 0 saturated carbocycles. The number of rotatable bonds is 8. The Morgan fingerprint density at radius 1 is 0.844 bits per heavy atom. The van der Waals surface area contributed by atoms with E-state index in [1.54, 1.807) is 42.5 Å². The average molecular weight is 538 g/mol. The Kier molecular flexibility index (Phi) is 7.47. The minimum Gasteiger partial charge on any atom is -0.325 e. The predicted molar refractivity (Wildman–Crippen MR) is 125 cm³/mol. The van der Waals surface area contributed by atoms with E-state index in [9.17, 15) is 21.6 Å². The Labute approximate surface area is 195 Å². The van der Waals surface area contributed by atoms with Crippen molar-refractivity contribution in [3.63, 3.8) is 0 Å². The highest BCUT2D eigenvalue weighted by molar-refractivity contribution is 9.10. The van der Waals surface area contributed by atoms with Crippen LogP contribution in [-0.4, -0.2) is 33.6 Å². The molecule has 32 heavy (non-hydrogen) atoms. The molecular formula is C21H20BrN3O5S2. The van der Waals surface area contributed by atoms with E-state index in [4.69, 9.17) is 5.14 Å². The summed E-state index contributed by atoms with van der Waals surface area (Å²) < 4.78 is 51.1. The fourth-order valence-electron chi connectivity index (χ4n) is 2.85. The maximum atomic E-state index is 13.2. The number of anilines is 1. The summed E-state index contributed by atoms with van der Waals surface area (Å²) in [6, 6.07) is 20.2. The van der Waals surface area contributed by atoms with Gasteiger partial charge in [0.1, 0.15) is 0 Å². The van der Waals surface area contributed by atoms with Crippen molar-refractivity contribution in [2.45, 2.75) is 16.3 Å². The minimum absolute atomic E-state index is 0.0116. The van der Waals surface area contributed by atoms with E-state index in [1.165, 1.54) is 36.4 Å². The molecule has 0 atom stereocenters. The third-order valence-electron chi connectivity index (χ3n) is 4.44. The van der Waals surface area contributed by atoms with Crippen LogP contribution in [0.15, 0.2) is 93.1 Å². The van der Waals surface area contributed by atoms with Gasteiger partial charge in [-0.3, -0.25) is 4.79 Å². The summed E-state index contributed by atoms with van der Waals surface area (Å²) in [4.78, 5) is 12.6. The van der Waals surface area contributed by atoms with Gasteiger partial charge in [0.2, 0.25) is 26.0 Å². The normalized spacial score (nSPS) is 12.0. The number of benzene rings is 3. The van der Waals surface area contributed by atoms with Crippen LogP contribution in [0.25, 0.3) is 0 Å². The summed E-state index contributed by atoms with van der Waals surface area (Å²) in [5.41, 5.74) is 1.01. The highest BCUT2D eigenvalue weighted by Crippen LogP contribution is 2.20. The molecule has 0 aliphatic rings. The van der Waals surface area contributed by atoms with Crippen LogP contribution < -0.4 is 10.5 Å². The van der Waals surface area contributed by atoms with Crippen LogP contribution in [-0.2, 0) is 31.4 Å². The van der Waals surface area contributed by atoms with Gasteiger partial charge in [-0.2, -0.15) is 4.31 Å². The molecule has 0 fully saturated rings. The second-order valence-electron chi connectivity index (χ2n) is 6.83. The summed E-state index contributed by atoms with van der Waals surface area (Å²) in [6.45, 7) is -0.452. The lowest BCUT2D eigenvalue weighted by Crippen LogP contribution is -2.37. The van der Waals surface area contributed by atoms with Crippen LogP contribution in [0.3, 0.4) is 0 Å². The average Bonchev–Trinajstić information content (AvgIpc) is 2.75. The smallest absolute Gasteiger partial charge is 0.243 e. The number of primary sulfonamides is 1. The first-order valence-electron chi connectivity index (χ1n) is 9.28. The first-order valence-corrected chi connectivity index (χ1v) is 13.1. The van der Waals surface area contributed by atoms with Crippen molar-refractivity contribution in [3.8, 4) is 0 Å². The highest BCUT2D eigenvalue weighted by Gasteiger charge is 2.27. The lowest BCUT2D eigenvalue weighted by Gasteiger charge is -2.22. The van der Waals surface area contributed by atoms with Gasteiger partial charge in [-0.25, -0.2) is 22.0 Å². The molecule has 0 aliphatic heterocycles. The molecule has 3 N–H and O–H groups in total. The first kappa shape index (κ1) is 24.1. The molecule has 11 heteroatoms. The Balaban J connectivity index is 1.83. The van der Waals surface area contributed by atoms with Crippen molar-refractivity contribution in [1.29, 1.82) is 0 Å². The summed E-state index contributed by atoms with van der Waals surface area (Å²) in [6.07, 6.45) is 0. The first-order chi connectivity index (χ1) is 15.1. The van der Waals surface area contributed by atoms with Crippen molar-refractivity contribution in [1.82, 2.24) is 4.31 Å². The zero-order chi connectivity index (χ0) is 23.4. The Morgan fingerprint density at radius 3 is 2.00 bits per heavy atom. The number of sulfonamides is 2. The molecule has 0 bridgehead atoms. The summed E-state index contributed by atoms with van der Waals surface area (Å²) in [5, 5.41) is 7.65. The second kappa shape index (κ2) is 9.92. The maximum Gasteiger partial charge on any atom is 0.243 e. The third kappa shape index (κ3) is 6.24. The Morgan fingerprint density at radius 2 is 1.44 bits per heavy atom. The fraction of sp³-hybridized carbons (Fsp3) is 0.0952. The molecule has 0 heterocycles. The molecule has 0 aromatic heterocycles. The van der Waals surface area contributed by atoms with Gasteiger partial charge in [0.15, 0.2) is 0 Å². The molecule has 8 nitrogen and oxygen atoms in total. The second-order valence-corrected chi connectivity index (χ2v) is 11.2. The van der Waals surface area contributed by atoms with Gasteiger partial charge in [0.25, 0.3) is 0 Å². The summed E-state index contributed by atoms with van der Waals surface area (Å²) in [5.74, 6) is -0.579. The van der Waals surface area contributed by atoms with E-state index >= 15 is 0 Å². The topological polar surface area (TPSA) is 127 Å². The van der Waals surface area contributed by atoms with E-state index in [1.807, 2.05) is 0 Å². The quantitative estimate of drug-likeness (QED) is 0.456. The van der Waals surface area contributed by atoms with Crippen molar-refractivity contribution >= 4 is 47.6 Å². The zero-order valence-electron chi connectivity index (χ0n) is 16.7. The SMILES string of the molecule is NS(=O)(=O)c1ccc(NC(=O)CN(Cc2ccc(Br)cc2)S(=O)(=O)c2ccccc2)cc1. The number of carbonyl (C=O) groups is 1. The largest absolute Gasteiger partial charge is 0.325 e. The number of amides is 1. The molecule has 3 rings (SSSR count). The van der Waals surface area contributed by atoms with E-state index in [0.717, 1.165) is 8.78 Å². The monoisotopic (exact) mass is 537 g/mol. The number of halogens is 1. The van der Waals surface area contributed by atoms with E-state index in [2.05, 4.69) is 21.2 Å². The van der Waals surface area contributed by atoms with Crippen molar-refractivity contribution in [2.24, 2.45) is 5.14 Å². The number of nitrogens with zero attached hydrogens (tertiary/aromatic N) is 1. The Hall–Kier alpha value is -2.57. The van der Waals surface area contributed by atoms with Gasteiger partial charge in [0, 0.05) is 16.7 Å². The van der Waals surface area contributed by atoms with E-state index in [0.29, 0.717) is 11.3 Å². The number of hydrogen-bond acceptors (Lipinski definition) is 5. The van der Waals surface area contributed by atoms with E-state index in [-0.39, 0.29) is 16.3 Å². The molecule has 3 aromatic carbocycles. The lowest BCUT2D eigenvalue weighted by molar-refractivity contribution is -0.116. The molecule has 0 spiro atoms. The van der Waals surface area contributed by atoms with Gasteiger partial charge >= 0.3 is 0 Å². The number of nitrogens with two attached hydrogens (primary N) is 1. The maximum absolute atomic E-state index is 13.2. The fourth-order valence-corrected chi connectivity index (χ4v) is 5.03. The molecule has 0 unspecified atom stereocenters. The molecule has 0 radical (unpaired) electrons. The van der Waals surface area contributed by atoms with Crippen LogP contribution in [0.4, 0.5) is 5.69 Å². The van der Waals surface area contributed by atoms with Crippen molar-refractivity contribution < 1.29 is 21.6 Å². The Bertz CT molecular complexity index is 1300. The molecular weight excluding hydrogens is 518 g/mol. The van der Waals surface area contributed by atoms with Crippen LogP contribution in [0, 0.1) is 0 Å². The zero-order valence-corrected chi connectivity index (χ0v) is 19.9. The number of nitrogens with one attached hydrogen (secondary N) is 1. The van der Waals surface area contributed by atoms with Crippen LogP contribution >= 0.6 is 15.9 Å². The van der Waals surface area contributed by atoms with Gasteiger partial charge in [0.05, 0.1) is 16.3 Å². The van der Waals surface area contributed by atoms with Crippen LogP contribution in [0.5, 0.6) is 0 Å². The van der Waals surface area contributed by atoms with Gasteiger partial charge in [-0.1, -0.05) is 46.3 Å². The molecule has 0 aliphatic carbocycles. The highest BCUT2D eigenvalue weighted by atomic mass is 79.9. The molecule has 0 saturated heterocycles. The summed E-state index contributed by atoms with van der Waals surface area (Å²) >= 11 is 3.34. The van der Waals surface area contributed by atoms with Crippen molar-refractivity contribution in [3.05, 3.63) is 88.9 Å². The molecule has 3 aromatic rings. The van der Waals surface area contributed by atoms with Crippen LogP contribution in [0.1, 0.15) is 5.56 Å². The predicted octanol–water partition coefficient (Wildman–Crippen LogP) is 2.93. The molecule has 168 valence electrons. The van der Waals surface area contributed by atoms with E-state index < -0.39 is 32.5 Å². The third-order valence-corrected chi connectivity index (χ3v) is 7.70. The summed E-state index contributed by atoms with van der Waals surface area (Å²) in [7, 11) is -7.82. The molecule has 1 amide bonds. The number of carbonyl (C=O) groups excluding carboxylic acids is 1. The van der Waals surface area contributed by atoms with Crippen LogP contribution in [0.2, 0.25) is 0 Å². The lowest BCUT2D eigenvalue weighted by atomic mass is 10.2. The van der Waals surface area contributed by atoms with Gasteiger partial charge < -0.3 is 5.32 Å². The standard InChI is InChI=1S/C21H20BrN3O5S2/c22-17-8-6-16(7-9-17)14-25(32(29,30)20-4-2-1-3-5-20)15-21(26)24-18-10-12-19(13-11-18)31(23,27)28/h1-13H,14-15H2,(H,24,26)(H2,23,27,28). The minimum atomic E-state index is -3.96. The van der Waals surface area contributed by atoms with Gasteiger partial charge in [-0.05, 0) is 54.1 Å². The van der Waals surface area contributed by atoms with Crippen molar-refractivity contribution in [2.75, 3.05) is 11.9 Å². The number of hydrogen-bond donors (Lipinski definition) is 2. The van der Waals surface area contributed by atoms with Gasteiger partial charge in [-0.15, -0.1) is 0 Å².